The molecule has 1 aromatic heterocycles. The number of aromatic nitrogens is 1. The van der Waals surface area contributed by atoms with E-state index in [1.165, 1.54) is 12.1 Å². The summed E-state index contributed by atoms with van der Waals surface area (Å²) in [7, 11) is 0. The molecule has 2 aromatic carbocycles. The van der Waals surface area contributed by atoms with E-state index < -0.39 is 34.6 Å². The van der Waals surface area contributed by atoms with Gasteiger partial charge in [0.15, 0.2) is 0 Å². The number of ketones is 1. The zero-order valence-corrected chi connectivity index (χ0v) is 13.7. The zero-order valence-electron chi connectivity index (χ0n) is 13.7. The molecule has 0 radical (unpaired) electrons. The van der Waals surface area contributed by atoms with Crippen molar-refractivity contribution in [2.45, 2.75) is 5.92 Å². The van der Waals surface area contributed by atoms with Crippen LogP contribution in [0.1, 0.15) is 21.6 Å². The quantitative estimate of drug-likeness (QED) is 0.486. The van der Waals surface area contributed by atoms with Gasteiger partial charge < -0.3 is 0 Å². The van der Waals surface area contributed by atoms with Gasteiger partial charge in [-0.05, 0) is 36.4 Å². The standard InChI is InChI=1S/C13H7F4NO.C7H5N/c14-8-4-5-9(10(15)7-8)12(19)13(16,17)11-3-1-2-6-18-11;8-6-7-4-2-1-3-5-7/h1-7H;1-5H. The van der Waals surface area contributed by atoms with Gasteiger partial charge in [-0.3, -0.25) is 9.78 Å². The van der Waals surface area contributed by atoms with Crippen LogP contribution in [0.4, 0.5) is 17.6 Å². The molecule has 0 aliphatic heterocycles. The largest absolute Gasteiger partial charge is 0.351 e. The Morgan fingerprint density at radius 1 is 0.963 bits per heavy atom. The number of carbonyl (C=O) groups excluding carboxylic acids is 1. The van der Waals surface area contributed by atoms with E-state index in [9.17, 15) is 22.4 Å². The third-order valence-corrected chi connectivity index (χ3v) is 3.35. The molecule has 0 atom stereocenters. The molecule has 0 fully saturated rings. The first-order valence-electron chi connectivity index (χ1n) is 7.60. The van der Waals surface area contributed by atoms with Crippen LogP contribution in [0.2, 0.25) is 0 Å². The summed E-state index contributed by atoms with van der Waals surface area (Å²) in [5, 5.41) is 8.29. The van der Waals surface area contributed by atoms with Crippen molar-refractivity contribution in [3.63, 3.8) is 0 Å². The molecule has 0 amide bonds. The van der Waals surface area contributed by atoms with Gasteiger partial charge in [-0.25, -0.2) is 8.78 Å². The summed E-state index contributed by atoms with van der Waals surface area (Å²) in [4.78, 5) is 15.0. The van der Waals surface area contributed by atoms with E-state index in [1.807, 2.05) is 24.3 Å². The molecular weight excluding hydrogens is 360 g/mol. The molecule has 27 heavy (non-hydrogen) atoms. The van der Waals surface area contributed by atoms with Crippen LogP contribution >= 0.6 is 0 Å². The molecule has 3 aromatic rings. The van der Waals surface area contributed by atoms with Crippen LogP contribution in [0.15, 0.2) is 72.9 Å². The lowest BCUT2D eigenvalue weighted by Gasteiger charge is -2.14. The van der Waals surface area contributed by atoms with E-state index >= 15 is 0 Å². The van der Waals surface area contributed by atoms with Crippen molar-refractivity contribution in [1.82, 2.24) is 4.98 Å². The Bertz CT molecular complexity index is 955. The fourth-order valence-electron chi connectivity index (χ4n) is 2.02. The lowest BCUT2D eigenvalue weighted by Crippen LogP contribution is -2.28. The number of nitriles is 1. The van der Waals surface area contributed by atoms with Gasteiger partial charge in [0.2, 0.25) is 5.78 Å². The average molecular weight is 372 g/mol. The van der Waals surface area contributed by atoms with Gasteiger partial charge in [-0.2, -0.15) is 14.0 Å². The van der Waals surface area contributed by atoms with Gasteiger partial charge in [0.05, 0.1) is 17.2 Å². The Morgan fingerprint density at radius 3 is 2.15 bits per heavy atom. The van der Waals surface area contributed by atoms with Crippen LogP contribution in [0.3, 0.4) is 0 Å². The second-order valence-electron chi connectivity index (χ2n) is 5.22. The van der Waals surface area contributed by atoms with Crippen LogP contribution in [-0.4, -0.2) is 10.8 Å². The molecule has 3 rings (SSSR count). The highest BCUT2D eigenvalue weighted by atomic mass is 19.3. The Kier molecular flexibility index (Phi) is 6.39. The fourth-order valence-corrected chi connectivity index (χ4v) is 2.02. The average Bonchev–Trinajstić information content (AvgIpc) is 2.69. The molecule has 0 bridgehead atoms. The molecule has 0 saturated carbocycles. The number of benzene rings is 2. The number of carbonyl (C=O) groups is 1. The molecule has 7 heteroatoms. The monoisotopic (exact) mass is 372 g/mol. The molecule has 0 aliphatic carbocycles. The highest BCUT2D eigenvalue weighted by Gasteiger charge is 2.43. The van der Waals surface area contributed by atoms with Gasteiger partial charge in [-0.15, -0.1) is 0 Å². The van der Waals surface area contributed by atoms with E-state index in [4.69, 9.17) is 5.26 Å². The van der Waals surface area contributed by atoms with Crippen molar-refractivity contribution in [2.24, 2.45) is 0 Å². The first-order chi connectivity index (χ1) is 12.9. The summed E-state index contributed by atoms with van der Waals surface area (Å²) in [6.07, 6.45) is 1.09. The number of pyridine rings is 1. The van der Waals surface area contributed by atoms with Crippen molar-refractivity contribution >= 4 is 5.78 Å². The SMILES string of the molecule is N#Cc1ccccc1.O=C(c1ccc(F)cc1F)C(F)(F)c1ccccn1. The Labute approximate surface area is 152 Å². The van der Waals surface area contributed by atoms with Crippen molar-refractivity contribution < 1.29 is 22.4 Å². The lowest BCUT2D eigenvalue weighted by molar-refractivity contribution is 0.00426. The van der Waals surface area contributed by atoms with Crippen LogP contribution in [0.5, 0.6) is 0 Å². The lowest BCUT2D eigenvalue weighted by atomic mass is 10.0. The molecule has 0 spiro atoms. The van der Waals surface area contributed by atoms with E-state index in [1.54, 1.807) is 12.1 Å². The minimum Gasteiger partial charge on any atom is -0.287 e. The summed E-state index contributed by atoms with van der Waals surface area (Å²) in [5.74, 6) is -8.01. The highest BCUT2D eigenvalue weighted by Crippen LogP contribution is 2.31. The molecule has 0 aliphatic rings. The van der Waals surface area contributed by atoms with Crippen LogP contribution in [-0.2, 0) is 5.92 Å². The molecular formula is C20H12F4N2O. The third-order valence-electron chi connectivity index (χ3n) is 3.35. The smallest absolute Gasteiger partial charge is 0.287 e. The van der Waals surface area contributed by atoms with E-state index in [0.29, 0.717) is 17.7 Å². The van der Waals surface area contributed by atoms with Gasteiger partial charge in [-0.1, -0.05) is 24.3 Å². The van der Waals surface area contributed by atoms with E-state index in [0.717, 1.165) is 18.3 Å². The highest BCUT2D eigenvalue weighted by molar-refractivity contribution is 6.01. The second kappa shape index (κ2) is 8.72. The van der Waals surface area contributed by atoms with E-state index in [2.05, 4.69) is 4.98 Å². The topological polar surface area (TPSA) is 53.8 Å². The van der Waals surface area contributed by atoms with E-state index in [-0.39, 0.29) is 0 Å². The zero-order chi connectivity index (χ0) is 19.9. The molecule has 0 N–H and O–H groups in total. The van der Waals surface area contributed by atoms with Crippen molar-refractivity contribution in [3.05, 3.63) is 101 Å². The Hall–Kier alpha value is -3.53. The number of hydrogen-bond donors (Lipinski definition) is 0. The predicted molar refractivity (Wildman–Crippen MR) is 90.0 cm³/mol. The maximum Gasteiger partial charge on any atom is 0.351 e. The summed E-state index contributed by atoms with van der Waals surface area (Å²) < 4.78 is 53.7. The first-order valence-corrected chi connectivity index (χ1v) is 7.60. The van der Waals surface area contributed by atoms with Crippen molar-refractivity contribution in [3.8, 4) is 6.07 Å². The fraction of sp³-hybridized carbons (Fsp3) is 0.0500. The minimum atomic E-state index is -3.97. The van der Waals surface area contributed by atoms with Gasteiger partial charge in [0.1, 0.15) is 17.3 Å². The second-order valence-corrected chi connectivity index (χ2v) is 5.22. The van der Waals surface area contributed by atoms with Gasteiger partial charge >= 0.3 is 5.92 Å². The number of hydrogen-bond acceptors (Lipinski definition) is 3. The predicted octanol–water partition coefficient (Wildman–Crippen LogP) is 4.89. The summed E-state index contributed by atoms with van der Waals surface area (Å²) >= 11 is 0. The number of Topliss-reactive ketones (excluding diaryl/α,β-unsaturated/α-hetero) is 1. The van der Waals surface area contributed by atoms with Crippen molar-refractivity contribution in [2.75, 3.05) is 0 Å². The minimum absolute atomic E-state index is 0.377. The van der Waals surface area contributed by atoms with Gasteiger partial charge in [0, 0.05) is 12.3 Å². The number of nitrogens with zero attached hydrogens (tertiary/aromatic N) is 2. The van der Waals surface area contributed by atoms with Crippen molar-refractivity contribution in [1.29, 1.82) is 5.26 Å². The number of halogens is 4. The maximum absolute atomic E-state index is 13.8. The first kappa shape index (κ1) is 19.8. The molecule has 0 saturated heterocycles. The Morgan fingerprint density at radius 2 is 1.63 bits per heavy atom. The molecule has 136 valence electrons. The summed E-state index contributed by atoms with van der Waals surface area (Å²) in [5.41, 5.74) is -0.951. The van der Waals surface area contributed by atoms with Crippen LogP contribution in [0.25, 0.3) is 0 Å². The molecule has 1 heterocycles. The van der Waals surface area contributed by atoms with Crippen LogP contribution in [0, 0.1) is 23.0 Å². The molecule has 0 unspecified atom stereocenters. The van der Waals surface area contributed by atoms with Crippen LogP contribution < -0.4 is 0 Å². The number of alkyl halides is 2. The normalized spacial score (nSPS) is 10.3. The molecule has 3 nitrogen and oxygen atoms in total. The maximum atomic E-state index is 13.8. The Balaban J connectivity index is 0.000000273. The van der Waals surface area contributed by atoms with Gasteiger partial charge in [0.25, 0.3) is 0 Å². The number of rotatable bonds is 3. The third kappa shape index (κ3) is 4.98. The summed E-state index contributed by atoms with van der Waals surface area (Å²) in [6.45, 7) is 0. The summed E-state index contributed by atoms with van der Waals surface area (Å²) in [6, 6.07) is 16.6.